The van der Waals surface area contributed by atoms with Gasteiger partial charge in [0.2, 0.25) is 5.56 Å². The van der Waals surface area contributed by atoms with Crippen molar-refractivity contribution in [1.82, 2.24) is 14.8 Å². The zero-order chi connectivity index (χ0) is 16.7. The fraction of sp³-hybridized carbons (Fsp3) is 0.444. The molecule has 0 spiro atoms. The quantitative estimate of drug-likeness (QED) is 0.935. The summed E-state index contributed by atoms with van der Waals surface area (Å²) in [5, 5.41) is 0.585. The summed E-state index contributed by atoms with van der Waals surface area (Å²) in [5.41, 5.74) is 0.325. The van der Waals surface area contributed by atoms with Crippen LogP contribution in [0.2, 0.25) is 0 Å². The van der Waals surface area contributed by atoms with Crippen molar-refractivity contribution in [3.63, 3.8) is 0 Å². The standard InChI is InChI=1S/C18H20FN3O2/c19-13-3-4-14-15(10-17(23)20-16(14)9-13)18(24)22-7-5-21(6-8-22)11-12-1-2-12/h3-4,9-10,12H,1-2,5-8,11H2,(H,20,23). The van der Waals surface area contributed by atoms with E-state index in [9.17, 15) is 14.0 Å². The van der Waals surface area contributed by atoms with Crippen molar-refractivity contribution in [2.45, 2.75) is 12.8 Å². The maximum absolute atomic E-state index is 13.4. The minimum atomic E-state index is -0.434. The third kappa shape index (κ3) is 3.06. The van der Waals surface area contributed by atoms with Crippen molar-refractivity contribution in [3.05, 3.63) is 46.0 Å². The Hall–Kier alpha value is -2.21. The number of aromatic nitrogens is 1. The van der Waals surface area contributed by atoms with Crippen molar-refractivity contribution in [2.75, 3.05) is 32.7 Å². The molecule has 0 radical (unpaired) electrons. The Morgan fingerprint density at radius 1 is 1.17 bits per heavy atom. The van der Waals surface area contributed by atoms with Crippen LogP contribution in [0.3, 0.4) is 0 Å². The number of piperazine rings is 1. The Kier molecular flexibility index (Phi) is 3.84. The number of fused-ring (bicyclic) bond motifs is 1. The molecule has 1 aromatic carbocycles. The number of nitrogens with zero attached hydrogens (tertiary/aromatic N) is 2. The zero-order valence-electron chi connectivity index (χ0n) is 13.4. The highest BCUT2D eigenvalue weighted by Gasteiger charge is 2.28. The molecule has 1 aliphatic carbocycles. The number of H-pyrrole nitrogens is 1. The van der Waals surface area contributed by atoms with Crippen molar-refractivity contribution in [3.8, 4) is 0 Å². The largest absolute Gasteiger partial charge is 0.336 e. The maximum Gasteiger partial charge on any atom is 0.254 e. The highest BCUT2D eigenvalue weighted by Crippen LogP contribution is 2.30. The van der Waals surface area contributed by atoms with Crippen molar-refractivity contribution in [1.29, 1.82) is 0 Å². The van der Waals surface area contributed by atoms with Crippen LogP contribution < -0.4 is 5.56 Å². The summed E-state index contributed by atoms with van der Waals surface area (Å²) >= 11 is 0. The Morgan fingerprint density at radius 3 is 2.62 bits per heavy atom. The fourth-order valence-corrected chi connectivity index (χ4v) is 3.38. The lowest BCUT2D eigenvalue weighted by atomic mass is 10.1. The lowest BCUT2D eigenvalue weighted by molar-refractivity contribution is 0.0633. The third-order valence-electron chi connectivity index (χ3n) is 4.91. The van der Waals surface area contributed by atoms with E-state index in [0.29, 0.717) is 29.6 Å². The van der Waals surface area contributed by atoms with Crippen LogP contribution >= 0.6 is 0 Å². The molecule has 6 heteroatoms. The van der Waals surface area contributed by atoms with Crippen LogP contribution in [0.1, 0.15) is 23.2 Å². The topological polar surface area (TPSA) is 56.4 Å². The number of carbonyl (C=O) groups excluding carboxylic acids is 1. The van der Waals surface area contributed by atoms with Gasteiger partial charge in [-0.1, -0.05) is 0 Å². The van der Waals surface area contributed by atoms with E-state index in [-0.39, 0.29) is 11.5 Å². The van der Waals surface area contributed by atoms with E-state index >= 15 is 0 Å². The first-order valence-electron chi connectivity index (χ1n) is 8.44. The fourth-order valence-electron chi connectivity index (χ4n) is 3.38. The van der Waals surface area contributed by atoms with Crippen molar-refractivity contribution >= 4 is 16.8 Å². The second kappa shape index (κ2) is 6.02. The Morgan fingerprint density at radius 2 is 1.92 bits per heavy atom. The first-order valence-corrected chi connectivity index (χ1v) is 8.44. The van der Waals surface area contributed by atoms with Gasteiger partial charge in [-0.25, -0.2) is 4.39 Å². The van der Waals surface area contributed by atoms with Crippen LogP contribution in [0.15, 0.2) is 29.1 Å². The molecular weight excluding hydrogens is 309 g/mol. The van der Waals surface area contributed by atoms with Crippen LogP contribution in [0.25, 0.3) is 10.9 Å². The van der Waals surface area contributed by atoms with Gasteiger partial charge in [-0.05, 0) is 37.0 Å². The van der Waals surface area contributed by atoms with Crippen molar-refractivity contribution in [2.24, 2.45) is 5.92 Å². The molecule has 4 rings (SSSR count). The minimum absolute atomic E-state index is 0.149. The molecule has 2 aliphatic rings. The lowest BCUT2D eigenvalue weighted by Crippen LogP contribution is -2.49. The second-order valence-corrected chi connectivity index (χ2v) is 6.77. The summed E-state index contributed by atoms with van der Waals surface area (Å²) in [6.45, 7) is 4.22. The van der Waals surface area contributed by atoms with E-state index in [1.165, 1.54) is 31.0 Å². The van der Waals surface area contributed by atoms with E-state index < -0.39 is 5.82 Å². The zero-order valence-corrected chi connectivity index (χ0v) is 13.4. The van der Waals surface area contributed by atoms with Gasteiger partial charge in [0, 0.05) is 44.2 Å². The molecule has 1 saturated carbocycles. The average Bonchev–Trinajstić information content (AvgIpc) is 3.37. The Balaban J connectivity index is 1.56. The number of aromatic amines is 1. The molecule has 1 aromatic heterocycles. The number of hydrogen-bond acceptors (Lipinski definition) is 3. The second-order valence-electron chi connectivity index (χ2n) is 6.77. The molecular formula is C18H20FN3O2. The first kappa shape index (κ1) is 15.3. The average molecular weight is 329 g/mol. The molecule has 5 nitrogen and oxygen atoms in total. The number of hydrogen-bond donors (Lipinski definition) is 1. The van der Waals surface area contributed by atoms with E-state index in [0.717, 1.165) is 25.6 Å². The predicted molar refractivity (Wildman–Crippen MR) is 89.6 cm³/mol. The van der Waals surface area contributed by atoms with Gasteiger partial charge in [-0.3, -0.25) is 14.5 Å². The molecule has 1 amide bonds. The highest BCUT2D eigenvalue weighted by atomic mass is 19.1. The normalized spacial score (nSPS) is 19.0. The minimum Gasteiger partial charge on any atom is -0.336 e. The monoisotopic (exact) mass is 329 g/mol. The summed E-state index contributed by atoms with van der Waals surface area (Å²) in [4.78, 5) is 31.5. The molecule has 1 N–H and O–H groups in total. The summed E-state index contributed by atoms with van der Waals surface area (Å²) in [5.74, 6) is 0.263. The highest BCUT2D eigenvalue weighted by molar-refractivity contribution is 6.06. The van der Waals surface area contributed by atoms with E-state index in [2.05, 4.69) is 9.88 Å². The lowest BCUT2D eigenvalue weighted by Gasteiger charge is -2.35. The third-order valence-corrected chi connectivity index (χ3v) is 4.91. The predicted octanol–water partition coefficient (Wildman–Crippen LogP) is 1.84. The summed E-state index contributed by atoms with van der Waals surface area (Å²) in [6, 6.07) is 5.43. The van der Waals surface area contributed by atoms with Crippen LogP contribution in [-0.4, -0.2) is 53.4 Å². The van der Waals surface area contributed by atoms with Crippen LogP contribution in [0.5, 0.6) is 0 Å². The maximum atomic E-state index is 13.4. The van der Waals surface area contributed by atoms with E-state index in [4.69, 9.17) is 0 Å². The van der Waals surface area contributed by atoms with Crippen molar-refractivity contribution < 1.29 is 9.18 Å². The molecule has 1 aliphatic heterocycles. The number of pyridine rings is 1. The SMILES string of the molecule is O=C(c1cc(=O)[nH]c2cc(F)ccc12)N1CCN(CC2CC2)CC1. The Labute approximate surface area is 139 Å². The van der Waals surface area contributed by atoms with Crippen LogP contribution in [0, 0.1) is 11.7 Å². The summed E-state index contributed by atoms with van der Waals surface area (Å²) < 4.78 is 13.4. The van der Waals surface area contributed by atoms with E-state index in [1.54, 1.807) is 11.0 Å². The number of benzene rings is 1. The van der Waals surface area contributed by atoms with Gasteiger partial charge >= 0.3 is 0 Å². The molecule has 24 heavy (non-hydrogen) atoms. The number of amides is 1. The smallest absolute Gasteiger partial charge is 0.254 e. The molecule has 0 unspecified atom stereocenters. The van der Waals surface area contributed by atoms with Gasteiger partial charge < -0.3 is 9.88 Å². The van der Waals surface area contributed by atoms with Gasteiger partial charge in [0.05, 0.1) is 11.1 Å². The Bertz CT molecular complexity index is 836. The van der Waals surface area contributed by atoms with Crippen LogP contribution in [-0.2, 0) is 0 Å². The number of carbonyl (C=O) groups is 1. The van der Waals surface area contributed by atoms with Gasteiger partial charge in [-0.2, -0.15) is 0 Å². The molecule has 0 bridgehead atoms. The van der Waals surface area contributed by atoms with Gasteiger partial charge in [0.15, 0.2) is 0 Å². The molecule has 2 aromatic rings. The van der Waals surface area contributed by atoms with Gasteiger partial charge in [-0.15, -0.1) is 0 Å². The van der Waals surface area contributed by atoms with E-state index in [1.807, 2.05) is 0 Å². The molecule has 0 atom stereocenters. The molecule has 2 fully saturated rings. The van der Waals surface area contributed by atoms with Crippen LogP contribution in [0.4, 0.5) is 4.39 Å². The number of nitrogens with one attached hydrogen (secondary N) is 1. The van der Waals surface area contributed by atoms with Gasteiger partial charge in [0.1, 0.15) is 5.82 Å². The first-order chi connectivity index (χ1) is 11.6. The molecule has 1 saturated heterocycles. The number of rotatable bonds is 3. The summed E-state index contributed by atoms with van der Waals surface area (Å²) in [6.07, 6.45) is 2.66. The number of halogens is 1. The molecule has 126 valence electrons. The van der Waals surface area contributed by atoms with Gasteiger partial charge in [0.25, 0.3) is 5.91 Å². The molecule has 2 heterocycles. The summed E-state index contributed by atoms with van der Waals surface area (Å²) in [7, 11) is 0.